The smallest absolute Gasteiger partial charge is 0.228 e. The summed E-state index contributed by atoms with van der Waals surface area (Å²) in [5.74, 6) is 0.205. The van der Waals surface area contributed by atoms with Gasteiger partial charge in [0.25, 0.3) is 0 Å². The molecule has 0 radical (unpaired) electrons. The summed E-state index contributed by atoms with van der Waals surface area (Å²) >= 11 is 6.59. The summed E-state index contributed by atoms with van der Waals surface area (Å²) in [6.07, 6.45) is 1.83. The Morgan fingerprint density at radius 3 is 2.68 bits per heavy atom. The van der Waals surface area contributed by atoms with Crippen LogP contribution in [0.4, 0.5) is 5.13 Å². The van der Waals surface area contributed by atoms with E-state index in [0.717, 1.165) is 21.7 Å². The van der Waals surface area contributed by atoms with Gasteiger partial charge in [0.1, 0.15) is 0 Å². The molecule has 0 aliphatic heterocycles. The molecule has 162 valence electrons. The highest BCUT2D eigenvalue weighted by molar-refractivity contribution is 7.71. The first-order valence-electron chi connectivity index (χ1n) is 9.66. The van der Waals surface area contributed by atoms with E-state index in [1.807, 2.05) is 42.7 Å². The molecule has 2 heterocycles. The number of allylic oxidation sites excluding steroid dienone is 1. The maximum Gasteiger partial charge on any atom is 0.228 e. The van der Waals surface area contributed by atoms with Crippen LogP contribution in [0, 0.1) is 18.6 Å². The van der Waals surface area contributed by atoms with Gasteiger partial charge < -0.3 is 10.6 Å². The molecule has 0 bridgehead atoms. The lowest BCUT2D eigenvalue weighted by molar-refractivity contribution is -0.120. The molecule has 3 N–H and O–H groups in total. The second kappa shape index (κ2) is 9.80. The number of nitrogens with zero attached hydrogens (tertiary/aromatic N) is 3. The number of anilines is 1. The topological polar surface area (TPSA) is 105 Å². The summed E-state index contributed by atoms with van der Waals surface area (Å²) in [6.45, 7) is 9.53. The van der Waals surface area contributed by atoms with Gasteiger partial charge in [-0.15, -0.1) is 6.58 Å². The van der Waals surface area contributed by atoms with E-state index in [0.29, 0.717) is 22.3 Å². The Labute approximate surface area is 189 Å². The van der Waals surface area contributed by atoms with Crippen LogP contribution >= 0.6 is 23.6 Å². The van der Waals surface area contributed by atoms with Crippen LogP contribution in [0.25, 0.3) is 10.7 Å². The molecule has 31 heavy (non-hydrogen) atoms. The van der Waals surface area contributed by atoms with Gasteiger partial charge in [0, 0.05) is 13.5 Å². The van der Waals surface area contributed by atoms with Gasteiger partial charge in [0.2, 0.25) is 11.8 Å². The van der Waals surface area contributed by atoms with Crippen molar-refractivity contribution in [3.05, 3.63) is 58.5 Å². The number of aromatic amines is 1. The minimum Gasteiger partial charge on any atom is -0.349 e. The highest BCUT2D eigenvalue weighted by atomic mass is 32.1. The molecule has 0 aliphatic rings. The summed E-state index contributed by atoms with van der Waals surface area (Å²) in [5, 5.41) is 13.2. The molecule has 0 saturated heterocycles. The van der Waals surface area contributed by atoms with Crippen LogP contribution in [0.1, 0.15) is 36.2 Å². The average Bonchev–Trinajstić information content (AvgIpc) is 3.24. The highest BCUT2D eigenvalue weighted by Crippen LogP contribution is 2.32. The molecule has 2 aromatic heterocycles. The normalized spacial score (nSPS) is 11.7. The Bertz CT molecular complexity index is 1160. The number of nitrogens with one attached hydrogen (secondary N) is 3. The van der Waals surface area contributed by atoms with E-state index in [9.17, 15) is 9.59 Å². The molecule has 3 rings (SSSR count). The fourth-order valence-electron chi connectivity index (χ4n) is 3.10. The Morgan fingerprint density at radius 1 is 1.32 bits per heavy atom. The molecule has 3 aromatic rings. The van der Waals surface area contributed by atoms with Crippen molar-refractivity contribution in [2.45, 2.75) is 39.8 Å². The molecular formula is C21H24N6O2S2. The lowest BCUT2D eigenvalue weighted by Gasteiger charge is -2.18. The number of carbonyl (C=O) groups excluding carboxylic acids is 2. The van der Waals surface area contributed by atoms with E-state index in [4.69, 9.17) is 12.2 Å². The fraction of sp³-hybridized carbons (Fsp3) is 0.286. The van der Waals surface area contributed by atoms with Crippen molar-refractivity contribution < 1.29 is 9.59 Å². The van der Waals surface area contributed by atoms with Crippen molar-refractivity contribution in [1.82, 2.24) is 25.1 Å². The number of carbonyl (C=O) groups is 2. The zero-order valence-corrected chi connectivity index (χ0v) is 19.2. The molecule has 2 amide bonds. The van der Waals surface area contributed by atoms with Gasteiger partial charge >= 0.3 is 0 Å². The van der Waals surface area contributed by atoms with Gasteiger partial charge in [0.05, 0.1) is 23.0 Å². The van der Waals surface area contributed by atoms with E-state index in [2.05, 4.69) is 32.4 Å². The van der Waals surface area contributed by atoms with Crippen LogP contribution in [0.15, 0.2) is 36.9 Å². The van der Waals surface area contributed by atoms with Crippen LogP contribution in [-0.2, 0) is 16.1 Å². The Hall–Kier alpha value is -3.11. The van der Waals surface area contributed by atoms with Gasteiger partial charge in [-0.2, -0.15) is 5.10 Å². The monoisotopic (exact) mass is 456 g/mol. The van der Waals surface area contributed by atoms with Crippen molar-refractivity contribution in [3.8, 4) is 10.7 Å². The van der Waals surface area contributed by atoms with Gasteiger partial charge in [-0.05, 0) is 31.6 Å². The average molecular weight is 457 g/mol. The first-order valence-corrected chi connectivity index (χ1v) is 10.9. The van der Waals surface area contributed by atoms with Crippen molar-refractivity contribution in [2.75, 3.05) is 5.32 Å². The van der Waals surface area contributed by atoms with Gasteiger partial charge in [0.15, 0.2) is 15.7 Å². The predicted molar refractivity (Wildman–Crippen MR) is 124 cm³/mol. The zero-order chi connectivity index (χ0) is 22.5. The molecule has 0 saturated carbocycles. The number of hydrogen-bond donors (Lipinski definition) is 3. The predicted octanol–water partition coefficient (Wildman–Crippen LogP) is 4.07. The molecule has 1 aromatic carbocycles. The number of hydrogen-bond acceptors (Lipinski definition) is 6. The third kappa shape index (κ3) is 5.53. The third-order valence-electron chi connectivity index (χ3n) is 4.56. The molecule has 0 aliphatic carbocycles. The number of thiazole rings is 1. The van der Waals surface area contributed by atoms with Crippen molar-refractivity contribution in [2.24, 2.45) is 0 Å². The SMILES string of the molecule is C=CCn1c(-c2sc(NC(=O)CC(NC(C)=O)c3ccc(C)cc3)nc2C)n[nH]c1=S. The third-order valence-corrected chi connectivity index (χ3v) is 5.94. The molecular weight excluding hydrogens is 432 g/mol. The molecule has 1 unspecified atom stereocenters. The summed E-state index contributed by atoms with van der Waals surface area (Å²) in [7, 11) is 0. The van der Waals surface area contributed by atoms with Crippen LogP contribution in [0.2, 0.25) is 0 Å². The van der Waals surface area contributed by atoms with E-state index >= 15 is 0 Å². The van der Waals surface area contributed by atoms with E-state index in [1.165, 1.54) is 18.3 Å². The second-order valence-corrected chi connectivity index (χ2v) is 8.49. The first-order chi connectivity index (χ1) is 14.8. The Morgan fingerprint density at radius 2 is 2.03 bits per heavy atom. The maximum atomic E-state index is 12.7. The number of aromatic nitrogens is 4. The quantitative estimate of drug-likeness (QED) is 0.350. The molecule has 1 atom stereocenters. The summed E-state index contributed by atoms with van der Waals surface area (Å²) in [6, 6.07) is 7.30. The van der Waals surface area contributed by atoms with Gasteiger partial charge in [-0.1, -0.05) is 47.2 Å². The minimum atomic E-state index is -0.428. The first kappa shape index (κ1) is 22.6. The van der Waals surface area contributed by atoms with Gasteiger partial charge in [-0.3, -0.25) is 19.3 Å². The number of H-pyrrole nitrogens is 1. The van der Waals surface area contributed by atoms with E-state index in [1.54, 1.807) is 6.08 Å². The van der Waals surface area contributed by atoms with Crippen molar-refractivity contribution in [1.29, 1.82) is 0 Å². The number of rotatable bonds is 8. The molecule has 0 fully saturated rings. The minimum absolute atomic E-state index is 0.0891. The van der Waals surface area contributed by atoms with Crippen molar-refractivity contribution in [3.63, 3.8) is 0 Å². The van der Waals surface area contributed by atoms with Gasteiger partial charge in [-0.25, -0.2) is 4.98 Å². The summed E-state index contributed by atoms with van der Waals surface area (Å²) in [5.41, 5.74) is 2.71. The van der Waals surface area contributed by atoms with Crippen LogP contribution in [-0.4, -0.2) is 31.6 Å². The van der Waals surface area contributed by atoms with Crippen LogP contribution < -0.4 is 10.6 Å². The van der Waals surface area contributed by atoms with Crippen LogP contribution in [0.3, 0.4) is 0 Å². The molecule has 0 spiro atoms. The standard InChI is InChI=1S/C21H24N6O2S2/c1-5-10-27-19(25-26-21(27)30)18-13(3)22-20(31-18)24-17(29)11-16(23-14(4)28)15-8-6-12(2)7-9-15/h5-9,16H,1,10-11H2,2-4H3,(H,23,28)(H,26,30)(H,22,24,29). The summed E-state index contributed by atoms with van der Waals surface area (Å²) < 4.78 is 2.31. The lowest BCUT2D eigenvalue weighted by Crippen LogP contribution is -2.29. The lowest BCUT2D eigenvalue weighted by atomic mass is 10.0. The summed E-state index contributed by atoms with van der Waals surface area (Å²) in [4.78, 5) is 29.6. The number of aryl methyl sites for hydroxylation is 2. The number of amides is 2. The van der Waals surface area contributed by atoms with Crippen LogP contribution in [0.5, 0.6) is 0 Å². The maximum absolute atomic E-state index is 12.7. The second-order valence-electron chi connectivity index (χ2n) is 7.10. The highest BCUT2D eigenvalue weighted by Gasteiger charge is 2.20. The zero-order valence-electron chi connectivity index (χ0n) is 17.6. The van der Waals surface area contributed by atoms with E-state index < -0.39 is 6.04 Å². The van der Waals surface area contributed by atoms with E-state index in [-0.39, 0.29) is 18.2 Å². The van der Waals surface area contributed by atoms with Crippen molar-refractivity contribution >= 4 is 40.5 Å². The fourth-order valence-corrected chi connectivity index (χ4v) is 4.29. The largest absolute Gasteiger partial charge is 0.349 e. The number of benzene rings is 1. The molecule has 8 nitrogen and oxygen atoms in total. The Kier molecular flexibility index (Phi) is 7.13. The Balaban J connectivity index is 1.78. The molecule has 10 heteroatoms.